The second-order valence-corrected chi connectivity index (χ2v) is 5.30. The molecule has 1 aromatic carbocycles. The van der Waals surface area contributed by atoms with Crippen LogP contribution >= 0.6 is 0 Å². The maximum Gasteiger partial charge on any atom is 0.124 e. The maximum absolute atomic E-state index is 5.36. The molecule has 2 aromatic rings. The predicted octanol–water partition coefficient (Wildman–Crippen LogP) is 2.82. The third-order valence-electron chi connectivity index (χ3n) is 3.77. The Hall–Kier alpha value is -1.98. The van der Waals surface area contributed by atoms with E-state index in [0.29, 0.717) is 6.61 Å². The van der Waals surface area contributed by atoms with E-state index in [9.17, 15) is 0 Å². The van der Waals surface area contributed by atoms with E-state index in [0.717, 1.165) is 23.6 Å². The number of hydrogen-bond acceptors (Lipinski definition) is 5. The van der Waals surface area contributed by atoms with Crippen LogP contribution in [0, 0.1) is 0 Å². The standard InChI is InChI=1S/C17H23N3O2/c1-13(16-7-8-18-12-19-16)20(2)10-14-5-6-17(22-4)15(9-14)11-21-3/h5-9,12-13H,10-11H2,1-4H3/t13-/m0/s1. The van der Waals surface area contributed by atoms with Crippen LogP contribution < -0.4 is 4.74 Å². The SMILES string of the molecule is COCc1cc(CN(C)[C@@H](C)c2ccncn2)ccc1OC. The lowest BCUT2D eigenvalue weighted by molar-refractivity contribution is 0.181. The topological polar surface area (TPSA) is 47.5 Å². The van der Waals surface area contributed by atoms with Crippen molar-refractivity contribution in [2.45, 2.75) is 26.1 Å². The molecule has 1 heterocycles. The van der Waals surface area contributed by atoms with Crippen LogP contribution in [0.1, 0.15) is 29.8 Å². The molecule has 2 rings (SSSR count). The summed E-state index contributed by atoms with van der Waals surface area (Å²) in [6.07, 6.45) is 3.36. The molecule has 118 valence electrons. The molecule has 0 aliphatic carbocycles. The zero-order valence-electron chi connectivity index (χ0n) is 13.6. The van der Waals surface area contributed by atoms with Gasteiger partial charge in [0.25, 0.3) is 0 Å². The first-order chi connectivity index (χ1) is 10.7. The summed E-state index contributed by atoms with van der Waals surface area (Å²) in [5.74, 6) is 0.858. The third kappa shape index (κ3) is 4.02. The van der Waals surface area contributed by atoms with E-state index < -0.39 is 0 Å². The largest absolute Gasteiger partial charge is 0.496 e. The van der Waals surface area contributed by atoms with Gasteiger partial charge in [-0.25, -0.2) is 9.97 Å². The molecule has 5 nitrogen and oxygen atoms in total. The molecule has 5 heteroatoms. The monoisotopic (exact) mass is 301 g/mol. The summed E-state index contributed by atoms with van der Waals surface area (Å²) >= 11 is 0. The minimum atomic E-state index is 0.218. The highest BCUT2D eigenvalue weighted by Crippen LogP contribution is 2.23. The number of nitrogens with zero attached hydrogens (tertiary/aromatic N) is 3. The molecule has 0 amide bonds. The first-order valence-electron chi connectivity index (χ1n) is 7.26. The van der Waals surface area contributed by atoms with Crippen molar-refractivity contribution in [3.05, 3.63) is 53.6 Å². The summed E-state index contributed by atoms with van der Waals surface area (Å²) in [5.41, 5.74) is 3.30. The van der Waals surface area contributed by atoms with Crippen LogP contribution in [0.3, 0.4) is 0 Å². The van der Waals surface area contributed by atoms with Gasteiger partial charge in [0, 0.05) is 31.5 Å². The molecule has 0 saturated heterocycles. The fourth-order valence-corrected chi connectivity index (χ4v) is 2.40. The Morgan fingerprint density at radius 1 is 1.23 bits per heavy atom. The number of ether oxygens (including phenoxy) is 2. The fourth-order valence-electron chi connectivity index (χ4n) is 2.40. The second-order valence-electron chi connectivity index (χ2n) is 5.30. The highest BCUT2D eigenvalue weighted by molar-refractivity contribution is 5.37. The molecule has 0 spiro atoms. The van der Waals surface area contributed by atoms with E-state index in [1.54, 1.807) is 26.7 Å². The summed E-state index contributed by atoms with van der Waals surface area (Å²) in [7, 11) is 5.46. The van der Waals surface area contributed by atoms with Gasteiger partial charge in [-0.1, -0.05) is 6.07 Å². The lowest BCUT2D eigenvalue weighted by Gasteiger charge is -2.24. The summed E-state index contributed by atoms with van der Waals surface area (Å²) < 4.78 is 10.6. The molecule has 22 heavy (non-hydrogen) atoms. The molecular weight excluding hydrogens is 278 g/mol. The van der Waals surface area contributed by atoms with Gasteiger partial charge in [0.2, 0.25) is 0 Å². The Balaban J connectivity index is 2.11. The molecule has 0 radical (unpaired) electrons. The van der Waals surface area contributed by atoms with Crippen molar-refractivity contribution in [2.75, 3.05) is 21.3 Å². The van der Waals surface area contributed by atoms with Crippen LogP contribution in [0.15, 0.2) is 36.8 Å². The first kappa shape index (κ1) is 16.4. The molecule has 0 saturated carbocycles. The lowest BCUT2D eigenvalue weighted by Crippen LogP contribution is -2.22. The van der Waals surface area contributed by atoms with Crippen LogP contribution in [-0.4, -0.2) is 36.1 Å². The quantitative estimate of drug-likeness (QED) is 0.787. The molecule has 0 fully saturated rings. The highest BCUT2D eigenvalue weighted by atomic mass is 16.5. The third-order valence-corrected chi connectivity index (χ3v) is 3.77. The van der Waals surface area contributed by atoms with Crippen molar-refractivity contribution >= 4 is 0 Å². The minimum Gasteiger partial charge on any atom is -0.496 e. The fraction of sp³-hybridized carbons (Fsp3) is 0.412. The number of hydrogen-bond donors (Lipinski definition) is 0. The Morgan fingerprint density at radius 2 is 2.05 bits per heavy atom. The van der Waals surface area contributed by atoms with Gasteiger partial charge in [0.05, 0.1) is 19.4 Å². The smallest absolute Gasteiger partial charge is 0.124 e. The summed E-state index contributed by atoms with van der Waals surface area (Å²) in [4.78, 5) is 10.5. The van der Waals surface area contributed by atoms with Gasteiger partial charge in [-0.05, 0) is 37.7 Å². The van der Waals surface area contributed by atoms with E-state index in [2.05, 4.69) is 41.0 Å². The molecule has 0 bridgehead atoms. The maximum atomic E-state index is 5.36. The average Bonchev–Trinajstić information content (AvgIpc) is 2.55. The Morgan fingerprint density at radius 3 is 2.68 bits per heavy atom. The lowest BCUT2D eigenvalue weighted by atomic mass is 10.1. The van der Waals surface area contributed by atoms with E-state index in [4.69, 9.17) is 9.47 Å². The Kier molecular flexibility index (Phi) is 5.86. The van der Waals surface area contributed by atoms with E-state index in [1.807, 2.05) is 12.1 Å². The van der Waals surface area contributed by atoms with Crippen LogP contribution in [0.4, 0.5) is 0 Å². The van der Waals surface area contributed by atoms with Crippen LogP contribution in [0.5, 0.6) is 5.75 Å². The summed E-state index contributed by atoms with van der Waals surface area (Å²) in [6.45, 7) is 3.51. The van der Waals surface area contributed by atoms with E-state index in [1.165, 1.54) is 5.56 Å². The normalized spacial score (nSPS) is 12.4. The molecule has 0 aliphatic heterocycles. The van der Waals surface area contributed by atoms with Gasteiger partial charge in [-0.15, -0.1) is 0 Å². The average molecular weight is 301 g/mol. The zero-order chi connectivity index (χ0) is 15.9. The zero-order valence-corrected chi connectivity index (χ0v) is 13.6. The van der Waals surface area contributed by atoms with Crippen molar-refractivity contribution in [1.29, 1.82) is 0 Å². The van der Waals surface area contributed by atoms with Crippen molar-refractivity contribution in [1.82, 2.24) is 14.9 Å². The van der Waals surface area contributed by atoms with Crippen LogP contribution in [0.25, 0.3) is 0 Å². The van der Waals surface area contributed by atoms with Crippen molar-refractivity contribution in [2.24, 2.45) is 0 Å². The van der Waals surface area contributed by atoms with Gasteiger partial charge in [0.15, 0.2) is 0 Å². The highest BCUT2D eigenvalue weighted by Gasteiger charge is 2.14. The number of benzene rings is 1. The van der Waals surface area contributed by atoms with Gasteiger partial charge in [0.1, 0.15) is 12.1 Å². The van der Waals surface area contributed by atoms with Crippen LogP contribution in [0.2, 0.25) is 0 Å². The minimum absolute atomic E-state index is 0.218. The molecule has 0 N–H and O–H groups in total. The van der Waals surface area contributed by atoms with Crippen molar-refractivity contribution in [3.63, 3.8) is 0 Å². The number of aromatic nitrogens is 2. The molecule has 1 aromatic heterocycles. The van der Waals surface area contributed by atoms with E-state index >= 15 is 0 Å². The second kappa shape index (κ2) is 7.87. The van der Waals surface area contributed by atoms with Gasteiger partial charge in [-0.3, -0.25) is 4.90 Å². The number of rotatable bonds is 7. The summed E-state index contributed by atoms with van der Waals surface area (Å²) in [5, 5.41) is 0. The molecular formula is C17H23N3O2. The molecule has 0 unspecified atom stereocenters. The summed E-state index contributed by atoms with van der Waals surface area (Å²) in [6, 6.07) is 8.38. The molecule has 0 aliphatic rings. The van der Waals surface area contributed by atoms with Crippen molar-refractivity contribution < 1.29 is 9.47 Å². The predicted molar refractivity (Wildman–Crippen MR) is 85.6 cm³/mol. The van der Waals surface area contributed by atoms with Crippen molar-refractivity contribution in [3.8, 4) is 5.75 Å². The first-order valence-corrected chi connectivity index (χ1v) is 7.26. The van der Waals surface area contributed by atoms with Gasteiger partial charge in [-0.2, -0.15) is 0 Å². The van der Waals surface area contributed by atoms with Crippen LogP contribution in [-0.2, 0) is 17.9 Å². The van der Waals surface area contributed by atoms with E-state index in [-0.39, 0.29) is 6.04 Å². The Bertz CT molecular complexity index is 590. The van der Waals surface area contributed by atoms with Gasteiger partial charge < -0.3 is 9.47 Å². The van der Waals surface area contributed by atoms with Gasteiger partial charge >= 0.3 is 0 Å². The molecule has 1 atom stereocenters. The Labute approximate surface area is 131 Å². The number of methoxy groups -OCH3 is 2.